The lowest BCUT2D eigenvalue weighted by Crippen LogP contribution is -2.37. The second-order valence-corrected chi connectivity index (χ2v) is 5.75. The fourth-order valence-electron chi connectivity index (χ4n) is 2.71. The Morgan fingerprint density at radius 2 is 2.10 bits per heavy atom. The number of carboxylic acids is 1. The molecule has 1 saturated heterocycles. The van der Waals surface area contributed by atoms with Crippen LogP contribution in [0.4, 0.5) is 0 Å². The van der Waals surface area contributed by atoms with Gasteiger partial charge in [-0.3, -0.25) is 9.59 Å². The van der Waals surface area contributed by atoms with Gasteiger partial charge in [0, 0.05) is 18.5 Å². The number of furan rings is 1. The number of carbonyl (C=O) groups is 2. The number of aryl methyl sites for hydroxylation is 1. The summed E-state index contributed by atoms with van der Waals surface area (Å²) >= 11 is 0. The number of hydrogen-bond acceptors (Lipinski definition) is 3. The monoisotopic (exact) mass is 279 g/mol. The standard InChI is InChI=1S/C15H21NO4/c1-8(2)13-7-12(10(4)20-13)14(17)16-6-5-11(9(16)3)15(18)19/h7-9,11H,5-6H2,1-4H3,(H,18,19). The number of rotatable bonds is 3. The van der Waals surface area contributed by atoms with Crippen LogP contribution in [0.25, 0.3) is 0 Å². The van der Waals surface area contributed by atoms with Crippen LogP contribution in [0.5, 0.6) is 0 Å². The minimum Gasteiger partial charge on any atom is -0.481 e. The maximum atomic E-state index is 12.6. The van der Waals surface area contributed by atoms with Gasteiger partial charge in [-0.2, -0.15) is 0 Å². The van der Waals surface area contributed by atoms with Crippen molar-refractivity contribution in [3.05, 3.63) is 23.2 Å². The van der Waals surface area contributed by atoms with Crippen molar-refractivity contribution in [1.29, 1.82) is 0 Å². The highest BCUT2D eigenvalue weighted by Crippen LogP contribution is 2.29. The maximum absolute atomic E-state index is 12.6. The molecule has 5 heteroatoms. The van der Waals surface area contributed by atoms with Gasteiger partial charge in [-0.25, -0.2) is 0 Å². The van der Waals surface area contributed by atoms with Crippen LogP contribution in [0, 0.1) is 12.8 Å². The smallest absolute Gasteiger partial charge is 0.308 e. The van der Waals surface area contributed by atoms with Gasteiger partial charge in [-0.05, 0) is 26.3 Å². The zero-order valence-electron chi connectivity index (χ0n) is 12.3. The molecular weight excluding hydrogens is 258 g/mol. The van der Waals surface area contributed by atoms with Crippen LogP contribution < -0.4 is 0 Å². The Morgan fingerprint density at radius 3 is 2.55 bits per heavy atom. The van der Waals surface area contributed by atoms with Gasteiger partial charge in [0.05, 0.1) is 11.5 Å². The summed E-state index contributed by atoms with van der Waals surface area (Å²) in [7, 11) is 0. The summed E-state index contributed by atoms with van der Waals surface area (Å²) in [5.74, 6) is 0.167. The Labute approximate surface area is 118 Å². The molecular formula is C15H21NO4. The molecule has 0 spiro atoms. The van der Waals surface area contributed by atoms with Crippen LogP contribution >= 0.6 is 0 Å². The van der Waals surface area contributed by atoms with Crippen molar-refractivity contribution in [2.45, 2.75) is 46.1 Å². The number of nitrogens with zero attached hydrogens (tertiary/aromatic N) is 1. The van der Waals surface area contributed by atoms with Crippen molar-refractivity contribution in [2.75, 3.05) is 6.54 Å². The Morgan fingerprint density at radius 1 is 1.45 bits per heavy atom. The average Bonchev–Trinajstić information content (AvgIpc) is 2.92. The summed E-state index contributed by atoms with van der Waals surface area (Å²) in [6.45, 7) is 8.06. The first kappa shape index (κ1) is 14.6. The van der Waals surface area contributed by atoms with Gasteiger partial charge in [0.2, 0.25) is 0 Å². The molecule has 0 radical (unpaired) electrons. The quantitative estimate of drug-likeness (QED) is 0.923. The van der Waals surface area contributed by atoms with E-state index in [1.807, 2.05) is 13.8 Å². The van der Waals surface area contributed by atoms with Crippen molar-refractivity contribution < 1.29 is 19.1 Å². The van der Waals surface area contributed by atoms with E-state index in [4.69, 9.17) is 9.52 Å². The van der Waals surface area contributed by atoms with Crippen LogP contribution in [-0.2, 0) is 4.79 Å². The minimum absolute atomic E-state index is 0.130. The first-order valence-corrected chi connectivity index (χ1v) is 6.97. The molecule has 2 atom stereocenters. The summed E-state index contributed by atoms with van der Waals surface area (Å²) < 4.78 is 5.60. The second-order valence-electron chi connectivity index (χ2n) is 5.75. The third kappa shape index (κ3) is 2.44. The number of carbonyl (C=O) groups excluding carboxylic acids is 1. The van der Waals surface area contributed by atoms with E-state index in [1.165, 1.54) is 0 Å². The fraction of sp³-hybridized carbons (Fsp3) is 0.600. The lowest BCUT2D eigenvalue weighted by Gasteiger charge is -2.22. The summed E-state index contributed by atoms with van der Waals surface area (Å²) in [4.78, 5) is 25.3. The predicted octanol–water partition coefficient (Wildman–Crippen LogP) is 2.65. The molecule has 1 aromatic heterocycles. The predicted molar refractivity (Wildman–Crippen MR) is 73.8 cm³/mol. The van der Waals surface area contributed by atoms with E-state index < -0.39 is 11.9 Å². The molecule has 1 amide bonds. The third-order valence-electron chi connectivity index (χ3n) is 4.07. The van der Waals surface area contributed by atoms with Gasteiger partial charge in [0.15, 0.2) is 0 Å². The van der Waals surface area contributed by atoms with Crippen molar-refractivity contribution in [1.82, 2.24) is 4.90 Å². The van der Waals surface area contributed by atoms with E-state index in [9.17, 15) is 9.59 Å². The molecule has 0 aromatic carbocycles. The summed E-state index contributed by atoms with van der Waals surface area (Å²) in [6, 6.07) is 1.50. The largest absolute Gasteiger partial charge is 0.481 e. The zero-order valence-corrected chi connectivity index (χ0v) is 12.3. The first-order chi connectivity index (χ1) is 9.32. The topological polar surface area (TPSA) is 70.8 Å². The summed E-state index contributed by atoms with van der Waals surface area (Å²) in [5.41, 5.74) is 0.548. The van der Waals surface area contributed by atoms with Crippen molar-refractivity contribution in [3.63, 3.8) is 0 Å². The molecule has 1 aromatic rings. The SMILES string of the molecule is Cc1oc(C(C)C)cc1C(=O)N1CCC(C(=O)O)C1C. The number of aliphatic carboxylic acids is 1. The van der Waals surface area contributed by atoms with Gasteiger partial charge in [0.1, 0.15) is 11.5 Å². The van der Waals surface area contributed by atoms with Crippen molar-refractivity contribution >= 4 is 11.9 Å². The molecule has 2 heterocycles. The molecule has 0 aliphatic carbocycles. The Hall–Kier alpha value is -1.78. The van der Waals surface area contributed by atoms with Crippen LogP contribution in [-0.4, -0.2) is 34.5 Å². The molecule has 20 heavy (non-hydrogen) atoms. The lowest BCUT2D eigenvalue weighted by molar-refractivity contribution is -0.142. The van der Waals surface area contributed by atoms with Gasteiger partial charge >= 0.3 is 5.97 Å². The number of carboxylic acid groups (broad SMARTS) is 1. The molecule has 0 bridgehead atoms. The average molecular weight is 279 g/mol. The molecule has 0 saturated carbocycles. The Kier molecular flexibility index (Phi) is 3.88. The number of amides is 1. The van der Waals surface area contributed by atoms with Gasteiger partial charge in [-0.15, -0.1) is 0 Å². The minimum atomic E-state index is -0.834. The normalized spacial score (nSPS) is 22.6. The van der Waals surface area contributed by atoms with E-state index in [0.29, 0.717) is 24.3 Å². The Bertz CT molecular complexity index is 532. The van der Waals surface area contributed by atoms with Crippen LogP contribution in [0.3, 0.4) is 0 Å². The van der Waals surface area contributed by atoms with E-state index >= 15 is 0 Å². The molecule has 1 aliphatic rings. The van der Waals surface area contributed by atoms with E-state index in [0.717, 1.165) is 5.76 Å². The van der Waals surface area contributed by atoms with E-state index in [-0.39, 0.29) is 17.9 Å². The van der Waals surface area contributed by atoms with E-state index in [1.54, 1.807) is 24.8 Å². The fourth-order valence-corrected chi connectivity index (χ4v) is 2.71. The van der Waals surface area contributed by atoms with E-state index in [2.05, 4.69) is 0 Å². The highest BCUT2D eigenvalue weighted by atomic mass is 16.4. The van der Waals surface area contributed by atoms with Crippen LogP contribution in [0.1, 0.15) is 55.0 Å². The third-order valence-corrected chi connectivity index (χ3v) is 4.07. The van der Waals surface area contributed by atoms with Crippen LogP contribution in [0.15, 0.2) is 10.5 Å². The number of hydrogen-bond donors (Lipinski definition) is 1. The molecule has 1 aliphatic heterocycles. The maximum Gasteiger partial charge on any atom is 0.308 e. The highest BCUT2D eigenvalue weighted by Gasteiger charge is 2.39. The van der Waals surface area contributed by atoms with Gasteiger partial charge in [-0.1, -0.05) is 13.8 Å². The van der Waals surface area contributed by atoms with Crippen molar-refractivity contribution in [3.8, 4) is 0 Å². The van der Waals surface area contributed by atoms with Crippen LogP contribution in [0.2, 0.25) is 0 Å². The summed E-state index contributed by atoms with van der Waals surface area (Å²) in [5, 5.41) is 9.13. The van der Waals surface area contributed by atoms with Crippen molar-refractivity contribution in [2.24, 2.45) is 5.92 Å². The second kappa shape index (κ2) is 5.31. The number of likely N-dealkylation sites (tertiary alicyclic amines) is 1. The molecule has 5 nitrogen and oxygen atoms in total. The summed E-state index contributed by atoms with van der Waals surface area (Å²) in [6.07, 6.45) is 0.510. The highest BCUT2D eigenvalue weighted by molar-refractivity contribution is 5.96. The molecule has 2 rings (SSSR count). The lowest BCUT2D eigenvalue weighted by atomic mass is 10.0. The Balaban J connectivity index is 2.22. The molecule has 2 unspecified atom stereocenters. The van der Waals surface area contributed by atoms with Gasteiger partial charge in [0.25, 0.3) is 5.91 Å². The zero-order chi connectivity index (χ0) is 15.0. The van der Waals surface area contributed by atoms with Gasteiger partial charge < -0.3 is 14.4 Å². The molecule has 1 N–H and O–H groups in total. The molecule has 1 fully saturated rings. The first-order valence-electron chi connectivity index (χ1n) is 6.97. The molecule has 110 valence electrons.